The summed E-state index contributed by atoms with van der Waals surface area (Å²) in [5.74, 6) is 0.803. The number of hydrogen-bond donors (Lipinski definition) is 0. The summed E-state index contributed by atoms with van der Waals surface area (Å²) in [5, 5.41) is 7.65. The maximum absolute atomic E-state index is 11.7. The van der Waals surface area contributed by atoms with Gasteiger partial charge in [-0.15, -0.1) is 4.52 Å². The molecule has 92 valence electrons. The van der Waals surface area contributed by atoms with Crippen LogP contribution in [-0.4, -0.2) is 43.7 Å². The normalized spacial score (nSPS) is 11.0. The first-order valence-corrected chi connectivity index (χ1v) is 5.51. The number of anilines is 1. The van der Waals surface area contributed by atoms with Gasteiger partial charge in [-0.1, -0.05) is 13.3 Å². The van der Waals surface area contributed by atoms with Gasteiger partial charge in [0.2, 0.25) is 5.95 Å². The third-order valence-electron chi connectivity index (χ3n) is 2.36. The molecule has 0 aliphatic carbocycles. The number of unbranched alkanes of at least 4 members (excludes halogenated alkanes) is 1. The molecule has 17 heavy (non-hydrogen) atoms. The van der Waals surface area contributed by atoms with Gasteiger partial charge in [-0.25, -0.2) is 9.48 Å². The van der Waals surface area contributed by atoms with Crippen molar-refractivity contribution in [2.24, 2.45) is 0 Å². The van der Waals surface area contributed by atoms with Crippen LogP contribution in [0.25, 0.3) is 5.78 Å². The molecule has 2 aromatic rings. The number of tetrazole rings is 1. The Bertz CT molecular complexity index is 570. The molecule has 0 amide bonds. The predicted octanol–water partition coefficient (Wildman–Crippen LogP) is -0.453. The first kappa shape index (κ1) is 11.5. The summed E-state index contributed by atoms with van der Waals surface area (Å²) >= 11 is 0. The van der Waals surface area contributed by atoms with Gasteiger partial charge < -0.3 is 4.90 Å². The third-order valence-corrected chi connectivity index (χ3v) is 2.36. The average Bonchev–Trinajstić information content (AvgIpc) is 2.70. The Morgan fingerprint density at radius 3 is 2.65 bits per heavy atom. The van der Waals surface area contributed by atoms with Crippen molar-refractivity contribution >= 4 is 11.7 Å². The van der Waals surface area contributed by atoms with Gasteiger partial charge in [-0.2, -0.15) is 9.97 Å². The lowest BCUT2D eigenvalue weighted by Gasteiger charge is -2.08. The van der Waals surface area contributed by atoms with E-state index in [-0.39, 0.29) is 0 Å². The quantitative estimate of drug-likeness (QED) is 0.716. The highest BCUT2D eigenvalue weighted by Gasteiger charge is 2.11. The van der Waals surface area contributed by atoms with Crippen LogP contribution < -0.4 is 10.6 Å². The minimum Gasteiger partial charge on any atom is -0.347 e. The summed E-state index contributed by atoms with van der Waals surface area (Å²) in [4.78, 5) is 21.4. The summed E-state index contributed by atoms with van der Waals surface area (Å²) in [6.45, 7) is 2.79. The SMILES string of the molecule is CCCCn1nnn2c(=O)nc(N(C)C)nc12. The van der Waals surface area contributed by atoms with Crippen molar-refractivity contribution in [2.75, 3.05) is 19.0 Å². The zero-order valence-corrected chi connectivity index (χ0v) is 10.2. The van der Waals surface area contributed by atoms with Crippen LogP contribution in [-0.2, 0) is 6.54 Å². The van der Waals surface area contributed by atoms with Crippen LogP contribution in [0.3, 0.4) is 0 Å². The van der Waals surface area contributed by atoms with E-state index >= 15 is 0 Å². The monoisotopic (exact) mass is 237 g/mol. The Kier molecular flexibility index (Phi) is 3.03. The highest BCUT2D eigenvalue weighted by molar-refractivity contribution is 5.35. The topological polar surface area (TPSA) is 81.2 Å². The fourth-order valence-electron chi connectivity index (χ4n) is 1.41. The lowest BCUT2D eigenvalue weighted by Crippen LogP contribution is -2.24. The Hall–Kier alpha value is -1.99. The zero-order valence-electron chi connectivity index (χ0n) is 10.2. The van der Waals surface area contributed by atoms with Gasteiger partial charge in [-0.05, 0) is 16.8 Å². The molecule has 0 aliphatic rings. The fourth-order valence-corrected chi connectivity index (χ4v) is 1.41. The van der Waals surface area contributed by atoms with Gasteiger partial charge in [0, 0.05) is 20.6 Å². The first-order chi connectivity index (χ1) is 8.13. The van der Waals surface area contributed by atoms with Gasteiger partial charge >= 0.3 is 5.69 Å². The highest BCUT2D eigenvalue weighted by Crippen LogP contribution is 2.02. The van der Waals surface area contributed by atoms with Crippen molar-refractivity contribution in [3.63, 3.8) is 0 Å². The molecule has 0 atom stereocenters. The lowest BCUT2D eigenvalue weighted by molar-refractivity contribution is 0.562. The van der Waals surface area contributed by atoms with Crippen molar-refractivity contribution in [2.45, 2.75) is 26.3 Å². The van der Waals surface area contributed by atoms with Gasteiger partial charge in [0.25, 0.3) is 5.78 Å². The molecule has 2 heterocycles. The molecule has 8 heteroatoms. The molecule has 2 aromatic heterocycles. The molecule has 0 bridgehead atoms. The highest BCUT2D eigenvalue weighted by atomic mass is 16.1. The predicted molar refractivity (Wildman–Crippen MR) is 62.1 cm³/mol. The molecular weight excluding hydrogens is 222 g/mol. The molecule has 0 spiro atoms. The molecule has 0 radical (unpaired) electrons. The smallest absolute Gasteiger partial charge is 0.347 e. The average molecular weight is 237 g/mol. The van der Waals surface area contributed by atoms with Gasteiger partial charge in [0.1, 0.15) is 0 Å². The maximum Gasteiger partial charge on any atom is 0.376 e. The van der Waals surface area contributed by atoms with Crippen molar-refractivity contribution in [1.82, 2.24) is 29.6 Å². The summed E-state index contributed by atoms with van der Waals surface area (Å²) < 4.78 is 2.74. The van der Waals surface area contributed by atoms with Crippen molar-refractivity contribution in [3.05, 3.63) is 10.5 Å². The Labute approximate surface area is 97.9 Å². The largest absolute Gasteiger partial charge is 0.376 e. The van der Waals surface area contributed by atoms with E-state index in [2.05, 4.69) is 27.3 Å². The number of aryl methyl sites for hydroxylation is 1. The van der Waals surface area contributed by atoms with Crippen LogP contribution in [0, 0.1) is 0 Å². The zero-order chi connectivity index (χ0) is 12.4. The molecule has 0 saturated heterocycles. The Balaban J connectivity index is 2.53. The molecule has 0 fully saturated rings. The van der Waals surface area contributed by atoms with Crippen LogP contribution in [0.4, 0.5) is 5.95 Å². The summed E-state index contributed by atoms with van der Waals surface area (Å²) in [7, 11) is 3.57. The van der Waals surface area contributed by atoms with E-state index < -0.39 is 5.69 Å². The molecule has 2 rings (SSSR count). The second-order valence-electron chi connectivity index (χ2n) is 3.97. The van der Waals surface area contributed by atoms with Gasteiger partial charge in [0.05, 0.1) is 0 Å². The second-order valence-corrected chi connectivity index (χ2v) is 3.97. The third kappa shape index (κ3) is 2.10. The van der Waals surface area contributed by atoms with E-state index in [0.29, 0.717) is 18.3 Å². The molecule has 0 unspecified atom stereocenters. The standard InChI is InChI=1S/C9H15N7O/c1-4-5-6-15-8-10-7(14(2)3)11-9(17)16(8)13-12-15/h4-6H2,1-3H3. The molecular formula is C9H15N7O. The molecule has 8 nitrogen and oxygen atoms in total. The van der Waals surface area contributed by atoms with Crippen LogP contribution in [0.15, 0.2) is 4.79 Å². The van der Waals surface area contributed by atoms with E-state index in [1.807, 2.05) is 0 Å². The maximum atomic E-state index is 11.7. The van der Waals surface area contributed by atoms with Crippen LogP contribution in [0.5, 0.6) is 0 Å². The fraction of sp³-hybridized carbons (Fsp3) is 0.667. The number of rotatable bonds is 4. The van der Waals surface area contributed by atoms with Crippen LogP contribution >= 0.6 is 0 Å². The summed E-state index contributed by atoms with van der Waals surface area (Å²) in [6.07, 6.45) is 2.01. The van der Waals surface area contributed by atoms with E-state index in [1.54, 1.807) is 23.7 Å². The van der Waals surface area contributed by atoms with Crippen LogP contribution in [0.1, 0.15) is 19.8 Å². The van der Waals surface area contributed by atoms with Gasteiger partial charge in [-0.3, -0.25) is 0 Å². The summed E-state index contributed by atoms with van der Waals surface area (Å²) in [5.41, 5.74) is -0.457. The number of nitrogens with zero attached hydrogens (tertiary/aromatic N) is 7. The molecule has 0 aromatic carbocycles. The molecule has 0 N–H and O–H groups in total. The van der Waals surface area contributed by atoms with Gasteiger partial charge in [0.15, 0.2) is 0 Å². The lowest BCUT2D eigenvalue weighted by atomic mass is 10.3. The number of fused-ring (bicyclic) bond motifs is 1. The van der Waals surface area contributed by atoms with E-state index in [9.17, 15) is 4.79 Å². The summed E-state index contributed by atoms with van der Waals surface area (Å²) in [6, 6.07) is 0. The minimum absolute atomic E-state index is 0.370. The van der Waals surface area contributed by atoms with E-state index in [4.69, 9.17) is 0 Å². The van der Waals surface area contributed by atoms with Crippen LogP contribution in [0.2, 0.25) is 0 Å². The first-order valence-electron chi connectivity index (χ1n) is 5.51. The Morgan fingerprint density at radius 1 is 1.24 bits per heavy atom. The minimum atomic E-state index is -0.457. The Morgan fingerprint density at radius 2 is 2.00 bits per heavy atom. The molecule has 0 saturated carbocycles. The van der Waals surface area contributed by atoms with Crippen molar-refractivity contribution in [3.8, 4) is 0 Å². The van der Waals surface area contributed by atoms with E-state index in [0.717, 1.165) is 17.4 Å². The number of aromatic nitrogens is 6. The second kappa shape index (κ2) is 4.48. The molecule has 0 aliphatic heterocycles. The van der Waals surface area contributed by atoms with Crippen molar-refractivity contribution in [1.29, 1.82) is 0 Å². The van der Waals surface area contributed by atoms with Crippen molar-refractivity contribution < 1.29 is 0 Å². The number of hydrogen-bond acceptors (Lipinski definition) is 6. The van der Waals surface area contributed by atoms with E-state index in [1.165, 1.54) is 0 Å².